The second-order valence-corrected chi connectivity index (χ2v) is 10.9. The first-order valence-corrected chi connectivity index (χ1v) is 11.4. The van der Waals surface area contributed by atoms with Crippen LogP contribution in [-0.2, 0) is 27.3 Å². The lowest BCUT2D eigenvalue weighted by atomic mass is 9.49. The molecule has 0 amide bonds. The van der Waals surface area contributed by atoms with Crippen molar-refractivity contribution < 1.29 is 33.6 Å². The number of benzene rings is 1. The van der Waals surface area contributed by atoms with Gasteiger partial charge in [-0.3, -0.25) is 4.79 Å². The summed E-state index contributed by atoms with van der Waals surface area (Å²) in [6, 6.07) is 0. The van der Waals surface area contributed by atoms with Crippen molar-refractivity contribution in [2.75, 3.05) is 7.11 Å². The average Bonchev–Trinajstić information content (AvgIpc) is 3.03. The highest BCUT2D eigenvalue weighted by molar-refractivity contribution is 5.98. The normalized spacial score (nSPS) is 37.0. The molecule has 1 aromatic carbocycles. The maximum absolute atomic E-state index is 12.5. The van der Waals surface area contributed by atoms with Gasteiger partial charge in [0, 0.05) is 35.8 Å². The van der Waals surface area contributed by atoms with E-state index in [1.807, 2.05) is 20.8 Å². The molecule has 0 bridgehead atoms. The summed E-state index contributed by atoms with van der Waals surface area (Å²) in [5.41, 5.74) is 1.22. The molecule has 4 aliphatic rings. The van der Waals surface area contributed by atoms with E-state index < -0.39 is 22.7 Å². The molecule has 3 aliphatic heterocycles. The van der Waals surface area contributed by atoms with Gasteiger partial charge >= 0.3 is 11.9 Å². The van der Waals surface area contributed by atoms with Gasteiger partial charge in [-0.1, -0.05) is 6.92 Å². The zero-order chi connectivity index (χ0) is 23.2. The molecule has 32 heavy (non-hydrogen) atoms. The van der Waals surface area contributed by atoms with E-state index in [-0.39, 0.29) is 30.4 Å². The van der Waals surface area contributed by atoms with Crippen LogP contribution in [-0.4, -0.2) is 41.5 Å². The molecule has 3 heterocycles. The van der Waals surface area contributed by atoms with Crippen molar-refractivity contribution >= 4 is 11.9 Å². The number of carbonyl (C=O) groups is 2. The molecule has 1 aliphatic carbocycles. The van der Waals surface area contributed by atoms with Crippen LogP contribution in [0.15, 0.2) is 0 Å². The molecule has 1 saturated heterocycles. The lowest BCUT2D eigenvalue weighted by Gasteiger charge is -2.61. The van der Waals surface area contributed by atoms with E-state index in [1.165, 1.54) is 0 Å². The van der Waals surface area contributed by atoms with Crippen LogP contribution in [0.4, 0.5) is 0 Å². The molecule has 1 saturated carbocycles. The van der Waals surface area contributed by atoms with Gasteiger partial charge in [0.25, 0.3) is 0 Å². The van der Waals surface area contributed by atoms with Crippen LogP contribution in [0.5, 0.6) is 11.5 Å². The molecule has 0 unspecified atom stereocenters. The first-order valence-electron chi connectivity index (χ1n) is 11.4. The Morgan fingerprint density at radius 3 is 2.50 bits per heavy atom. The number of aliphatic hydroxyl groups is 1. The van der Waals surface area contributed by atoms with E-state index in [1.54, 1.807) is 7.11 Å². The van der Waals surface area contributed by atoms with Crippen molar-refractivity contribution in [1.29, 1.82) is 0 Å². The Bertz CT molecular complexity index is 1030. The van der Waals surface area contributed by atoms with Gasteiger partial charge in [-0.15, -0.1) is 0 Å². The Morgan fingerprint density at radius 1 is 1.09 bits per heavy atom. The van der Waals surface area contributed by atoms with Crippen molar-refractivity contribution in [1.82, 2.24) is 0 Å². The zero-order valence-electron chi connectivity index (χ0n) is 19.7. The van der Waals surface area contributed by atoms with Gasteiger partial charge < -0.3 is 24.1 Å². The molecule has 1 aromatic rings. The number of ether oxygens (including phenoxy) is 4. The topological polar surface area (TPSA) is 91.3 Å². The van der Waals surface area contributed by atoms with Crippen molar-refractivity contribution in [3.8, 4) is 11.5 Å². The van der Waals surface area contributed by atoms with Gasteiger partial charge in [0.1, 0.15) is 34.9 Å². The summed E-state index contributed by atoms with van der Waals surface area (Å²) in [7, 11) is 1.57. The summed E-state index contributed by atoms with van der Waals surface area (Å²) in [4.78, 5) is 24.9. The number of rotatable bonds is 1. The summed E-state index contributed by atoms with van der Waals surface area (Å²) in [5.74, 6) is 0.410. The molecule has 7 nitrogen and oxygen atoms in total. The fourth-order valence-electron chi connectivity index (χ4n) is 7.49. The minimum atomic E-state index is -0.800. The van der Waals surface area contributed by atoms with Crippen LogP contribution < -0.4 is 9.47 Å². The largest absolute Gasteiger partial charge is 0.495 e. The summed E-state index contributed by atoms with van der Waals surface area (Å²) >= 11 is 0. The number of esters is 2. The Balaban J connectivity index is 1.70. The van der Waals surface area contributed by atoms with Crippen LogP contribution in [0, 0.1) is 24.2 Å². The molecular formula is C25H32O7. The maximum Gasteiger partial charge on any atom is 0.342 e. The van der Waals surface area contributed by atoms with E-state index in [2.05, 4.69) is 13.8 Å². The third-order valence-electron chi connectivity index (χ3n) is 8.61. The van der Waals surface area contributed by atoms with Crippen molar-refractivity contribution in [2.24, 2.45) is 17.3 Å². The predicted octanol–water partition coefficient (Wildman–Crippen LogP) is 3.49. The summed E-state index contributed by atoms with van der Waals surface area (Å²) < 4.78 is 23.6. The van der Waals surface area contributed by atoms with E-state index in [4.69, 9.17) is 18.9 Å². The minimum Gasteiger partial charge on any atom is -0.495 e. The van der Waals surface area contributed by atoms with Crippen LogP contribution in [0.1, 0.15) is 74.0 Å². The lowest BCUT2D eigenvalue weighted by Crippen LogP contribution is -2.66. The highest BCUT2D eigenvalue weighted by atomic mass is 16.6. The second kappa shape index (κ2) is 6.62. The molecular weight excluding hydrogens is 412 g/mol. The quantitative estimate of drug-likeness (QED) is 0.663. The summed E-state index contributed by atoms with van der Waals surface area (Å²) in [5, 5.41) is 11.4. The summed E-state index contributed by atoms with van der Waals surface area (Å²) in [6.45, 7) is 10.2. The lowest BCUT2D eigenvalue weighted by molar-refractivity contribution is -0.211. The van der Waals surface area contributed by atoms with E-state index in [9.17, 15) is 14.7 Å². The van der Waals surface area contributed by atoms with Gasteiger partial charge in [0.05, 0.1) is 13.2 Å². The van der Waals surface area contributed by atoms with Crippen LogP contribution >= 0.6 is 0 Å². The Labute approximate surface area is 188 Å². The Hall–Kier alpha value is -2.28. The highest BCUT2D eigenvalue weighted by Crippen LogP contribution is 2.62. The summed E-state index contributed by atoms with van der Waals surface area (Å²) in [6.07, 6.45) is 1.29. The van der Waals surface area contributed by atoms with E-state index >= 15 is 0 Å². The average molecular weight is 445 g/mol. The standard InChI is InChI=1S/C25H32O7/c1-12-14-11-30-22(28)18(14)20(29-6)13-9-16-24(4)8-7-17(27)31-23(2,3)21(24)15(26)10-25(16,5)32-19(12)13/h15-16,21,26H,7-11H2,1-6H3/t15-,16-,21+,24-,25+/m1/s1. The van der Waals surface area contributed by atoms with Crippen molar-refractivity contribution in [3.05, 3.63) is 22.3 Å². The number of carbonyl (C=O) groups excluding carboxylic acids is 2. The van der Waals surface area contributed by atoms with Crippen LogP contribution in [0.25, 0.3) is 0 Å². The number of aliphatic hydroxyl groups excluding tert-OH is 1. The first kappa shape index (κ1) is 21.6. The minimum absolute atomic E-state index is 0.00607. The third kappa shape index (κ3) is 2.69. The number of fused-ring (bicyclic) bond motifs is 5. The number of hydrogen-bond donors (Lipinski definition) is 1. The maximum atomic E-state index is 12.5. The highest BCUT2D eigenvalue weighted by Gasteiger charge is 2.65. The van der Waals surface area contributed by atoms with Gasteiger partial charge in [0.15, 0.2) is 0 Å². The van der Waals surface area contributed by atoms with Crippen molar-refractivity contribution in [2.45, 2.75) is 84.2 Å². The number of methoxy groups -OCH3 is 1. The van der Waals surface area contributed by atoms with Crippen LogP contribution in [0.2, 0.25) is 0 Å². The van der Waals surface area contributed by atoms with Gasteiger partial charge in [-0.2, -0.15) is 0 Å². The Morgan fingerprint density at radius 2 is 1.81 bits per heavy atom. The molecule has 1 N–H and O–H groups in total. The molecule has 5 rings (SSSR count). The fourth-order valence-corrected chi connectivity index (χ4v) is 7.49. The first-order chi connectivity index (χ1) is 14.9. The predicted molar refractivity (Wildman–Crippen MR) is 115 cm³/mol. The van der Waals surface area contributed by atoms with Crippen LogP contribution in [0.3, 0.4) is 0 Å². The smallest absolute Gasteiger partial charge is 0.342 e. The van der Waals surface area contributed by atoms with E-state index in [0.717, 1.165) is 22.4 Å². The second-order valence-electron chi connectivity index (χ2n) is 10.9. The molecule has 174 valence electrons. The molecule has 7 heteroatoms. The Kier molecular flexibility index (Phi) is 4.46. The number of hydrogen-bond acceptors (Lipinski definition) is 7. The van der Waals surface area contributed by atoms with Gasteiger partial charge in [0.2, 0.25) is 0 Å². The number of cyclic esters (lactones) is 2. The van der Waals surface area contributed by atoms with E-state index in [0.29, 0.717) is 37.0 Å². The monoisotopic (exact) mass is 444 g/mol. The SMILES string of the molecule is COc1c2c(c(C)c3c1C(=O)OC3)O[C@@]1(C)C[C@@H](O)[C@H]3C(C)(C)OC(=O)CC[C@]3(C)[C@H]1C2. The van der Waals surface area contributed by atoms with Gasteiger partial charge in [-0.25, -0.2) is 4.79 Å². The van der Waals surface area contributed by atoms with Gasteiger partial charge in [-0.05, 0) is 51.5 Å². The van der Waals surface area contributed by atoms with Crippen molar-refractivity contribution in [3.63, 3.8) is 0 Å². The molecule has 0 aromatic heterocycles. The fraction of sp³-hybridized carbons (Fsp3) is 0.680. The molecule has 2 fully saturated rings. The zero-order valence-corrected chi connectivity index (χ0v) is 19.7. The molecule has 5 atom stereocenters. The molecule has 0 spiro atoms. The third-order valence-corrected chi connectivity index (χ3v) is 8.61. The molecule has 0 radical (unpaired) electrons.